The zero-order chi connectivity index (χ0) is 11.9. The smallest absolute Gasteiger partial charge is 0.115 e. The van der Waals surface area contributed by atoms with E-state index in [0.29, 0.717) is 0 Å². The highest BCUT2D eigenvalue weighted by molar-refractivity contribution is 5.07. The molecule has 1 fully saturated rings. The van der Waals surface area contributed by atoms with Crippen molar-refractivity contribution in [1.29, 1.82) is 0 Å². The predicted molar refractivity (Wildman–Crippen MR) is 59.8 cm³/mol. The van der Waals surface area contributed by atoms with E-state index in [-0.39, 0.29) is 23.2 Å². The first-order chi connectivity index (χ1) is 6.80. The zero-order valence-corrected chi connectivity index (χ0v) is 10.7. The lowest BCUT2D eigenvalue weighted by molar-refractivity contribution is -0.154. The van der Waals surface area contributed by atoms with Crippen molar-refractivity contribution < 1.29 is 14.6 Å². The van der Waals surface area contributed by atoms with Crippen molar-refractivity contribution in [2.45, 2.75) is 65.0 Å². The minimum atomic E-state index is -0.533. The second-order valence-corrected chi connectivity index (χ2v) is 5.46. The van der Waals surface area contributed by atoms with Gasteiger partial charge >= 0.3 is 0 Å². The predicted octanol–water partition coefficient (Wildman–Crippen LogP) is 1.98. The molecule has 1 saturated heterocycles. The first-order valence-electron chi connectivity index (χ1n) is 5.69. The van der Waals surface area contributed by atoms with Crippen LogP contribution in [0.4, 0.5) is 0 Å². The van der Waals surface area contributed by atoms with Crippen LogP contribution in [0.5, 0.6) is 0 Å². The average molecular weight is 216 g/mol. The molecule has 0 aromatic carbocycles. The lowest BCUT2D eigenvalue weighted by atomic mass is 9.71. The summed E-state index contributed by atoms with van der Waals surface area (Å²) in [6, 6.07) is 0. The molecule has 3 nitrogen and oxygen atoms in total. The Hall–Kier alpha value is -0.120. The molecule has 0 saturated carbocycles. The fourth-order valence-corrected chi connectivity index (χ4v) is 2.74. The summed E-state index contributed by atoms with van der Waals surface area (Å²) in [5.41, 5.74) is -0.436. The van der Waals surface area contributed by atoms with E-state index in [9.17, 15) is 5.11 Å². The van der Waals surface area contributed by atoms with Crippen molar-refractivity contribution in [3.05, 3.63) is 0 Å². The summed E-state index contributed by atoms with van der Waals surface area (Å²) in [4.78, 5) is 0. The number of hydrogen-bond acceptors (Lipinski definition) is 3. The normalized spacial score (nSPS) is 42.2. The van der Waals surface area contributed by atoms with Gasteiger partial charge in [-0.15, -0.1) is 0 Å². The monoisotopic (exact) mass is 216 g/mol. The molecular weight excluding hydrogens is 192 g/mol. The minimum Gasteiger partial charge on any atom is -0.388 e. The summed E-state index contributed by atoms with van der Waals surface area (Å²) >= 11 is 0. The fourth-order valence-electron chi connectivity index (χ4n) is 2.74. The highest BCUT2D eigenvalue weighted by Crippen LogP contribution is 2.47. The van der Waals surface area contributed by atoms with Gasteiger partial charge in [0.15, 0.2) is 0 Å². The molecule has 0 aromatic rings. The SMILES string of the molecule is CC[C@]1(C(C)(C)C)O[C@@H](C)[C@H](O)[C@@H]1OC. The average Bonchev–Trinajstić information content (AvgIpc) is 2.39. The van der Waals surface area contributed by atoms with Gasteiger partial charge in [-0.05, 0) is 18.8 Å². The molecule has 90 valence electrons. The molecule has 0 radical (unpaired) electrons. The second kappa shape index (κ2) is 4.04. The summed E-state index contributed by atoms with van der Waals surface area (Å²) in [6.45, 7) is 10.4. The van der Waals surface area contributed by atoms with Gasteiger partial charge in [-0.1, -0.05) is 27.7 Å². The summed E-state index contributed by atoms with van der Waals surface area (Å²) < 4.78 is 11.5. The van der Waals surface area contributed by atoms with E-state index in [2.05, 4.69) is 27.7 Å². The molecule has 0 aromatic heterocycles. The first kappa shape index (κ1) is 12.9. The van der Waals surface area contributed by atoms with E-state index in [1.807, 2.05) is 6.92 Å². The topological polar surface area (TPSA) is 38.7 Å². The van der Waals surface area contributed by atoms with Crippen LogP contribution < -0.4 is 0 Å². The molecule has 0 spiro atoms. The van der Waals surface area contributed by atoms with Gasteiger partial charge < -0.3 is 14.6 Å². The largest absolute Gasteiger partial charge is 0.388 e. The highest BCUT2D eigenvalue weighted by Gasteiger charge is 2.58. The van der Waals surface area contributed by atoms with Crippen molar-refractivity contribution in [3.63, 3.8) is 0 Å². The quantitative estimate of drug-likeness (QED) is 0.767. The molecule has 0 aliphatic carbocycles. The molecule has 1 N–H and O–H groups in total. The highest BCUT2D eigenvalue weighted by atomic mass is 16.6. The third-order valence-electron chi connectivity index (χ3n) is 3.70. The maximum atomic E-state index is 10.0. The maximum absolute atomic E-state index is 10.0. The van der Waals surface area contributed by atoms with Gasteiger partial charge in [-0.25, -0.2) is 0 Å². The number of hydrogen-bond donors (Lipinski definition) is 1. The molecule has 4 atom stereocenters. The van der Waals surface area contributed by atoms with Crippen molar-refractivity contribution in [2.75, 3.05) is 7.11 Å². The van der Waals surface area contributed by atoms with Gasteiger partial charge in [-0.2, -0.15) is 0 Å². The van der Waals surface area contributed by atoms with Crippen molar-refractivity contribution >= 4 is 0 Å². The molecule has 0 bridgehead atoms. The number of aliphatic hydroxyl groups excluding tert-OH is 1. The van der Waals surface area contributed by atoms with E-state index in [1.165, 1.54) is 0 Å². The summed E-state index contributed by atoms with van der Waals surface area (Å²) in [5.74, 6) is 0. The third kappa shape index (κ3) is 1.81. The molecular formula is C12H24O3. The van der Waals surface area contributed by atoms with Crippen LogP contribution in [0.3, 0.4) is 0 Å². The van der Waals surface area contributed by atoms with Crippen LogP contribution in [0.15, 0.2) is 0 Å². The van der Waals surface area contributed by atoms with Gasteiger partial charge in [0, 0.05) is 7.11 Å². The molecule has 0 unspecified atom stereocenters. The Labute approximate surface area is 92.8 Å². The Balaban J connectivity index is 3.09. The molecule has 3 heteroatoms. The van der Waals surface area contributed by atoms with E-state index < -0.39 is 6.10 Å². The Morgan fingerprint density at radius 2 is 1.93 bits per heavy atom. The summed E-state index contributed by atoms with van der Waals surface area (Å²) in [6.07, 6.45) is -0.0862. The Morgan fingerprint density at radius 3 is 2.20 bits per heavy atom. The van der Waals surface area contributed by atoms with E-state index in [1.54, 1.807) is 7.11 Å². The van der Waals surface area contributed by atoms with Crippen molar-refractivity contribution in [3.8, 4) is 0 Å². The molecule has 1 aliphatic rings. The number of ether oxygens (including phenoxy) is 2. The van der Waals surface area contributed by atoms with Gasteiger partial charge in [-0.3, -0.25) is 0 Å². The lowest BCUT2D eigenvalue weighted by Crippen LogP contribution is -2.53. The van der Waals surface area contributed by atoms with Crippen LogP contribution in [0.2, 0.25) is 0 Å². The summed E-state index contributed by atoms with van der Waals surface area (Å²) in [7, 11) is 1.64. The van der Waals surface area contributed by atoms with Crippen LogP contribution in [-0.2, 0) is 9.47 Å². The Morgan fingerprint density at radius 1 is 1.40 bits per heavy atom. The number of methoxy groups -OCH3 is 1. The van der Waals surface area contributed by atoms with Crippen LogP contribution in [0.25, 0.3) is 0 Å². The Kier molecular flexibility index (Phi) is 3.49. The van der Waals surface area contributed by atoms with Crippen LogP contribution in [0, 0.1) is 5.41 Å². The molecule has 0 amide bonds. The van der Waals surface area contributed by atoms with Crippen LogP contribution in [0.1, 0.15) is 41.0 Å². The number of rotatable bonds is 2. The molecule has 1 rings (SSSR count). The van der Waals surface area contributed by atoms with Crippen LogP contribution >= 0.6 is 0 Å². The van der Waals surface area contributed by atoms with Crippen molar-refractivity contribution in [1.82, 2.24) is 0 Å². The minimum absolute atomic E-state index is 0.0475. The molecule has 1 heterocycles. The van der Waals surface area contributed by atoms with Crippen LogP contribution in [-0.4, -0.2) is 36.1 Å². The fraction of sp³-hybridized carbons (Fsp3) is 1.00. The second-order valence-electron chi connectivity index (χ2n) is 5.46. The Bertz CT molecular complexity index is 221. The van der Waals surface area contributed by atoms with Crippen molar-refractivity contribution in [2.24, 2.45) is 5.41 Å². The zero-order valence-electron chi connectivity index (χ0n) is 10.7. The first-order valence-corrected chi connectivity index (χ1v) is 5.69. The van der Waals surface area contributed by atoms with E-state index in [4.69, 9.17) is 9.47 Å². The number of aliphatic hydroxyl groups is 1. The standard InChI is InChI=1S/C12H24O3/c1-7-12(11(3,4)5)10(14-6)9(13)8(2)15-12/h8-10,13H,7H2,1-6H3/t8-,9-,10-,12-/m0/s1. The van der Waals surface area contributed by atoms with Gasteiger partial charge in [0.1, 0.15) is 17.8 Å². The maximum Gasteiger partial charge on any atom is 0.115 e. The molecule has 15 heavy (non-hydrogen) atoms. The van der Waals surface area contributed by atoms with Gasteiger partial charge in [0.05, 0.1) is 6.10 Å². The van der Waals surface area contributed by atoms with E-state index >= 15 is 0 Å². The lowest BCUT2D eigenvalue weighted by Gasteiger charge is -2.44. The van der Waals surface area contributed by atoms with E-state index in [0.717, 1.165) is 6.42 Å². The molecule has 1 aliphatic heterocycles. The van der Waals surface area contributed by atoms with Gasteiger partial charge in [0.2, 0.25) is 0 Å². The van der Waals surface area contributed by atoms with Gasteiger partial charge in [0.25, 0.3) is 0 Å². The summed E-state index contributed by atoms with van der Waals surface area (Å²) in [5, 5.41) is 10.0. The third-order valence-corrected chi connectivity index (χ3v) is 3.70.